The molecule has 0 radical (unpaired) electrons. The van der Waals surface area contributed by atoms with Crippen molar-refractivity contribution in [3.05, 3.63) is 59.3 Å². The summed E-state index contributed by atoms with van der Waals surface area (Å²) in [6, 6.07) is 8.61. The Labute approximate surface area is 161 Å². The number of carbonyl (C=O) groups excluding carboxylic acids is 1. The fourth-order valence-electron chi connectivity index (χ4n) is 3.93. The molecule has 1 saturated heterocycles. The van der Waals surface area contributed by atoms with Crippen molar-refractivity contribution in [2.75, 3.05) is 32.7 Å². The average molecular weight is 372 g/mol. The first-order valence-electron chi connectivity index (χ1n) is 9.87. The zero-order valence-corrected chi connectivity index (χ0v) is 16.3. The van der Waals surface area contributed by atoms with Crippen molar-refractivity contribution in [2.45, 2.75) is 33.1 Å². The molecule has 3 rings (SSSR count). The van der Waals surface area contributed by atoms with Crippen LogP contribution in [0.5, 0.6) is 0 Å². The molecule has 1 amide bonds. The molecule has 0 saturated carbocycles. The molecule has 2 heterocycles. The van der Waals surface area contributed by atoms with E-state index in [0.717, 1.165) is 51.0 Å². The number of likely N-dealkylation sites (tertiary alicyclic amines) is 1. The monoisotopic (exact) mass is 372 g/mol. The smallest absolute Gasteiger partial charge is 0.257 e. The third-order valence-corrected chi connectivity index (χ3v) is 5.45. The lowest BCUT2D eigenvalue weighted by Gasteiger charge is -2.35. The van der Waals surface area contributed by atoms with Gasteiger partial charge in [0.15, 0.2) is 0 Å². The van der Waals surface area contributed by atoms with Crippen LogP contribution >= 0.6 is 0 Å². The molecule has 27 heavy (non-hydrogen) atoms. The minimum atomic E-state index is -0.171. The van der Waals surface area contributed by atoms with Gasteiger partial charge < -0.3 is 14.2 Å². The van der Waals surface area contributed by atoms with Gasteiger partial charge >= 0.3 is 0 Å². The fraction of sp³-hybridized carbons (Fsp3) is 0.500. The van der Waals surface area contributed by atoms with Crippen LogP contribution in [0.25, 0.3) is 0 Å². The summed E-state index contributed by atoms with van der Waals surface area (Å²) in [6.07, 6.45) is 4.72. The number of amides is 1. The van der Waals surface area contributed by atoms with Crippen molar-refractivity contribution in [2.24, 2.45) is 5.92 Å². The molecular weight excluding hydrogens is 343 g/mol. The van der Waals surface area contributed by atoms with E-state index in [1.807, 2.05) is 24.8 Å². The Bertz CT molecular complexity index is 758. The van der Waals surface area contributed by atoms with Crippen molar-refractivity contribution in [1.82, 2.24) is 9.80 Å². The number of carbonyl (C=O) groups is 1. The summed E-state index contributed by atoms with van der Waals surface area (Å²) >= 11 is 0. The second-order valence-electron chi connectivity index (χ2n) is 7.42. The van der Waals surface area contributed by atoms with Gasteiger partial charge in [-0.3, -0.25) is 4.79 Å². The van der Waals surface area contributed by atoms with Gasteiger partial charge in [-0.1, -0.05) is 12.1 Å². The molecule has 1 fully saturated rings. The highest BCUT2D eigenvalue weighted by molar-refractivity contribution is 5.95. The van der Waals surface area contributed by atoms with Crippen LogP contribution in [0.15, 0.2) is 41.0 Å². The number of halogens is 1. The second-order valence-corrected chi connectivity index (χ2v) is 7.42. The SMILES string of the molecule is CCN(C[C@H]1CCCN(CCc2cccc(F)c2)C1)C(=O)c1ccoc1C. The largest absolute Gasteiger partial charge is 0.469 e. The Morgan fingerprint density at radius 3 is 2.93 bits per heavy atom. The van der Waals surface area contributed by atoms with E-state index in [-0.39, 0.29) is 11.7 Å². The van der Waals surface area contributed by atoms with E-state index in [1.165, 1.54) is 6.07 Å². The van der Waals surface area contributed by atoms with Gasteiger partial charge in [-0.05, 0) is 69.3 Å². The zero-order chi connectivity index (χ0) is 19.2. The molecule has 0 bridgehead atoms. The van der Waals surface area contributed by atoms with E-state index in [1.54, 1.807) is 24.5 Å². The van der Waals surface area contributed by atoms with Gasteiger partial charge in [-0.2, -0.15) is 0 Å². The first-order chi connectivity index (χ1) is 13.1. The third-order valence-electron chi connectivity index (χ3n) is 5.45. The fourth-order valence-corrected chi connectivity index (χ4v) is 3.93. The Hall–Kier alpha value is -2.14. The topological polar surface area (TPSA) is 36.7 Å². The van der Waals surface area contributed by atoms with Gasteiger partial charge in [0.2, 0.25) is 0 Å². The standard InChI is InChI=1S/C22H29FN2O2/c1-3-25(22(26)21-10-13-27-17(21)2)16-19-7-5-11-24(15-19)12-9-18-6-4-8-20(23)14-18/h4,6,8,10,13-14,19H,3,5,7,9,11-12,15-16H2,1-2H3/t19-/m0/s1. The molecule has 1 aliphatic rings. The van der Waals surface area contributed by atoms with E-state index in [2.05, 4.69) is 4.90 Å². The van der Waals surface area contributed by atoms with Gasteiger partial charge in [0, 0.05) is 26.2 Å². The summed E-state index contributed by atoms with van der Waals surface area (Å²) in [7, 11) is 0. The molecule has 1 aromatic carbocycles. The summed E-state index contributed by atoms with van der Waals surface area (Å²) in [5, 5.41) is 0. The number of furan rings is 1. The third kappa shape index (κ3) is 5.19. The van der Waals surface area contributed by atoms with Gasteiger partial charge in [-0.25, -0.2) is 4.39 Å². The quantitative estimate of drug-likeness (QED) is 0.733. The summed E-state index contributed by atoms with van der Waals surface area (Å²) in [4.78, 5) is 17.1. The number of benzene rings is 1. The van der Waals surface area contributed by atoms with E-state index in [4.69, 9.17) is 4.42 Å². The lowest BCUT2D eigenvalue weighted by molar-refractivity contribution is 0.0689. The van der Waals surface area contributed by atoms with Crippen LogP contribution in [-0.2, 0) is 6.42 Å². The van der Waals surface area contributed by atoms with Crippen LogP contribution in [0.4, 0.5) is 4.39 Å². The maximum atomic E-state index is 13.3. The lowest BCUT2D eigenvalue weighted by atomic mass is 9.96. The number of rotatable bonds is 7. The first kappa shape index (κ1) is 19.6. The molecule has 0 N–H and O–H groups in total. The molecule has 1 aromatic heterocycles. The maximum absolute atomic E-state index is 13.3. The highest BCUT2D eigenvalue weighted by Crippen LogP contribution is 2.20. The number of piperidine rings is 1. The molecule has 1 atom stereocenters. The number of aryl methyl sites for hydroxylation is 1. The van der Waals surface area contributed by atoms with E-state index in [9.17, 15) is 9.18 Å². The average Bonchev–Trinajstić information content (AvgIpc) is 3.10. The van der Waals surface area contributed by atoms with Gasteiger partial charge in [0.05, 0.1) is 11.8 Å². The van der Waals surface area contributed by atoms with Crippen LogP contribution in [0.2, 0.25) is 0 Å². The normalized spacial score (nSPS) is 17.8. The predicted octanol–water partition coefficient (Wildman–Crippen LogP) is 4.14. The molecule has 2 aromatic rings. The van der Waals surface area contributed by atoms with Crippen LogP contribution in [-0.4, -0.2) is 48.4 Å². The van der Waals surface area contributed by atoms with Gasteiger partial charge in [0.25, 0.3) is 5.91 Å². The van der Waals surface area contributed by atoms with Gasteiger partial charge in [0.1, 0.15) is 11.6 Å². The summed E-state index contributed by atoms with van der Waals surface area (Å²) in [5.74, 6) is 1.04. The second kappa shape index (κ2) is 9.18. The van der Waals surface area contributed by atoms with E-state index >= 15 is 0 Å². The zero-order valence-electron chi connectivity index (χ0n) is 16.3. The summed E-state index contributed by atoms with van der Waals surface area (Å²) in [5.41, 5.74) is 1.70. The van der Waals surface area contributed by atoms with Crippen molar-refractivity contribution in [3.63, 3.8) is 0 Å². The first-order valence-corrected chi connectivity index (χ1v) is 9.87. The lowest BCUT2D eigenvalue weighted by Crippen LogP contribution is -2.43. The minimum Gasteiger partial charge on any atom is -0.469 e. The predicted molar refractivity (Wildman–Crippen MR) is 104 cm³/mol. The van der Waals surface area contributed by atoms with Crippen LogP contribution in [0.3, 0.4) is 0 Å². The minimum absolute atomic E-state index is 0.0561. The Kier molecular flexibility index (Phi) is 6.67. The number of hydrogen-bond donors (Lipinski definition) is 0. The Morgan fingerprint density at radius 2 is 2.22 bits per heavy atom. The van der Waals surface area contributed by atoms with E-state index < -0.39 is 0 Å². The summed E-state index contributed by atoms with van der Waals surface area (Å²) < 4.78 is 18.6. The molecule has 146 valence electrons. The van der Waals surface area contributed by atoms with Crippen molar-refractivity contribution >= 4 is 5.91 Å². The van der Waals surface area contributed by atoms with Gasteiger partial charge in [-0.15, -0.1) is 0 Å². The number of nitrogens with zero attached hydrogens (tertiary/aromatic N) is 2. The molecule has 1 aliphatic heterocycles. The Balaban J connectivity index is 1.54. The summed E-state index contributed by atoms with van der Waals surface area (Å²) in [6.45, 7) is 8.32. The van der Waals surface area contributed by atoms with Crippen LogP contribution in [0, 0.1) is 18.7 Å². The van der Waals surface area contributed by atoms with Crippen LogP contribution in [0.1, 0.15) is 41.4 Å². The van der Waals surface area contributed by atoms with Crippen molar-refractivity contribution in [1.29, 1.82) is 0 Å². The van der Waals surface area contributed by atoms with Crippen molar-refractivity contribution in [3.8, 4) is 0 Å². The molecular formula is C22H29FN2O2. The van der Waals surface area contributed by atoms with E-state index in [0.29, 0.717) is 23.8 Å². The molecule has 0 unspecified atom stereocenters. The highest BCUT2D eigenvalue weighted by Gasteiger charge is 2.25. The highest BCUT2D eigenvalue weighted by atomic mass is 19.1. The molecule has 0 spiro atoms. The number of hydrogen-bond acceptors (Lipinski definition) is 3. The van der Waals surface area contributed by atoms with Crippen LogP contribution < -0.4 is 0 Å². The molecule has 4 nitrogen and oxygen atoms in total. The molecule has 0 aliphatic carbocycles. The molecule has 5 heteroatoms. The maximum Gasteiger partial charge on any atom is 0.257 e. The van der Waals surface area contributed by atoms with Crippen molar-refractivity contribution < 1.29 is 13.6 Å². The Morgan fingerprint density at radius 1 is 1.37 bits per heavy atom.